The molecular weight excluding hydrogens is 298 g/mol. The van der Waals surface area contributed by atoms with E-state index in [1.165, 1.54) is 17.9 Å². The van der Waals surface area contributed by atoms with Crippen LogP contribution in [0.1, 0.15) is 27.9 Å². The summed E-state index contributed by atoms with van der Waals surface area (Å²) < 4.78 is 6.76. The average molecular weight is 311 g/mol. The number of Topliss-reactive ketones (excluding diaryl/α,β-unsaturated/α-hetero) is 1. The fourth-order valence-electron chi connectivity index (χ4n) is 2.03. The molecule has 3 aromatic rings. The van der Waals surface area contributed by atoms with Crippen molar-refractivity contribution in [2.45, 2.75) is 6.92 Å². The molecule has 116 valence electrons. The van der Waals surface area contributed by atoms with Gasteiger partial charge in [0.2, 0.25) is 5.89 Å². The number of nitrogens with zero attached hydrogens (tertiary/aromatic N) is 4. The van der Waals surface area contributed by atoms with Crippen LogP contribution >= 0.6 is 0 Å². The van der Waals surface area contributed by atoms with Crippen LogP contribution in [0.2, 0.25) is 0 Å². The Morgan fingerprint density at radius 3 is 2.70 bits per heavy atom. The summed E-state index contributed by atoms with van der Waals surface area (Å²) in [5.74, 6) is -0.404. The number of carbonyl (C=O) groups is 2. The van der Waals surface area contributed by atoms with E-state index in [0.717, 1.165) is 0 Å². The molecule has 0 spiro atoms. The van der Waals surface area contributed by atoms with Gasteiger partial charge in [0.25, 0.3) is 5.91 Å². The van der Waals surface area contributed by atoms with Crippen molar-refractivity contribution in [3.63, 3.8) is 0 Å². The predicted octanol–water partition coefficient (Wildman–Crippen LogP) is 1.92. The third-order valence-corrected chi connectivity index (χ3v) is 3.07. The van der Waals surface area contributed by atoms with Gasteiger partial charge in [-0.25, -0.2) is 4.98 Å². The van der Waals surface area contributed by atoms with Gasteiger partial charge < -0.3 is 9.73 Å². The fourth-order valence-corrected chi connectivity index (χ4v) is 2.03. The third kappa shape index (κ3) is 3.00. The molecule has 0 aliphatic heterocycles. The van der Waals surface area contributed by atoms with Crippen LogP contribution in [0, 0.1) is 0 Å². The lowest BCUT2D eigenvalue weighted by Crippen LogP contribution is -2.14. The maximum atomic E-state index is 12.2. The third-order valence-electron chi connectivity index (χ3n) is 3.07. The van der Waals surface area contributed by atoms with Crippen molar-refractivity contribution in [2.75, 3.05) is 5.32 Å². The molecule has 0 fully saturated rings. The predicted molar refractivity (Wildman–Crippen MR) is 80.9 cm³/mol. The fraction of sp³-hybridized carbons (Fsp3) is 0.133. The SMILES string of the molecule is CC(=O)c1nn(C)cc1NC(=O)c1coc(-c2ccncc2)n1. The zero-order valence-electron chi connectivity index (χ0n) is 12.5. The van der Waals surface area contributed by atoms with E-state index < -0.39 is 5.91 Å². The number of amides is 1. The van der Waals surface area contributed by atoms with E-state index in [1.54, 1.807) is 37.8 Å². The Kier molecular flexibility index (Phi) is 3.71. The monoisotopic (exact) mass is 311 g/mol. The lowest BCUT2D eigenvalue weighted by Gasteiger charge is -2.00. The van der Waals surface area contributed by atoms with E-state index in [4.69, 9.17) is 4.42 Å². The average Bonchev–Trinajstić information content (AvgIpc) is 3.15. The van der Waals surface area contributed by atoms with Crippen LogP contribution in [0.25, 0.3) is 11.5 Å². The molecule has 3 aromatic heterocycles. The van der Waals surface area contributed by atoms with Gasteiger partial charge in [0.05, 0.1) is 5.69 Å². The zero-order valence-corrected chi connectivity index (χ0v) is 12.5. The molecule has 0 aromatic carbocycles. The number of nitrogens with one attached hydrogen (secondary N) is 1. The Hall–Kier alpha value is -3.29. The Bertz CT molecular complexity index is 866. The first-order valence-electron chi connectivity index (χ1n) is 6.76. The first-order chi connectivity index (χ1) is 11.0. The number of ketones is 1. The quantitative estimate of drug-likeness (QED) is 0.738. The standard InChI is InChI=1S/C15H13N5O3/c1-9(21)13-11(7-20(2)19-13)17-14(22)12-8-23-15(18-12)10-3-5-16-6-4-10/h3-8H,1-2H3,(H,17,22). The summed E-state index contributed by atoms with van der Waals surface area (Å²) in [5, 5.41) is 6.63. The molecule has 8 heteroatoms. The molecule has 0 aliphatic rings. The Morgan fingerprint density at radius 2 is 2.00 bits per heavy atom. The highest BCUT2D eigenvalue weighted by Crippen LogP contribution is 2.19. The van der Waals surface area contributed by atoms with Crippen LogP contribution in [0.15, 0.2) is 41.4 Å². The summed E-state index contributed by atoms with van der Waals surface area (Å²) in [6.07, 6.45) is 6.02. The molecular formula is C15H13N5O3. The minimum atomic E-state index is -0.482. The normalized spacial score (nSPS) is 10.5. The second-order valence-corrected chi connectivity index (χ2v) is 4.85. The van der Waals surface area contributed by atoms with Crippen molar-refractivity contribution >= 4 is 17.4 Å². The molecule has 0 saturated heterocycles. The van der Waals surface area contributed by atoms with Crippen LogP contribution in [0.5, 0.6) is 0 Å². The van der Waals surface area contributed by atoms with Gasteiger partial charge >= 0.3 is 0 Å². The number of anilines is 1. The number of oxazole rings is 1. The number of rotatable bonds is 4. The summed E-state index contributed by atoms with van der Waals surface area (Å²) in [7, 11) is 1.67. The second kappa shape index (κ2) is 5.84. The molecule has 3 heterocycles. The summed E-state index contributed by atoms with van der Waals surface area (Å²) in [5.41, 5.74) is 1.34. The smallest absolute Gasteiger partial charge is 0.277 e. The van der Waals surface area contributed by atoms with E-state index in [-0.39, 0.29) is 17.2 Å². The molecule has 3 rings (SSSR count). The highest BCUT2D eigenvalue weighted by molar-refractivity contribution is 6.07. The number of aromatic nitrogens is 4. The van der Waals surface area contributed by atoms with Crippen LogP contribution in [0.4, 0.5) is 5.69 Å². The maximum Gasteiger partial charge on any atom is 0.277 e. The van der Waals surface area contributed by atoms with Gasteiger partial charge in [-0.2, -0.15) is 5.10 Å². The summed E-state index contributed by atoms with van der Waals surface area (Å²) >= 11 is 0. The first-order valence-corrected chi connectivity index (χ1v) is 6.76. The van der Waals surface area contributed by atoms with Crippen molar-refractivity contribution in [3.8, 4) is 11.5 Å². The van der Waals surface area contributed by atoms with Gasteiger partial charge in [0, 0.05) is 38.1 Å². The Balaban J connectivity index is 1.82. The molecule has 0 radical (unpaired) electrons. The molecule has 23 heavy (non-hydrogen) atoms. The highest BCUT2D eigenvalue weighted by atomic mass is 16.3. The Labute approximate surface area is 131 Å². The largest absolute Gasteiger partial charge is 0.444 e. The molecule has 0 atom stereocenters. The first kappa shape index (κ1) is 14.6. The minimum Gasteiger partial charge on any atom is -0.444 e. The van der Waals surface area contributed by atoms with Crippen LogP contribution in [0.3, 0.4) is 0 Å². The minimum absolute atomic E-state index is 0.107. The molecule has 0 saturated carbocycles. The number of hydrogen-bond acceptors (Lipinski definition) is 6. The summed E-state index contributed by atoms with van der Waals surface area (Å²) in [4.78, 5) is 31.8. The van der Waals surface area contributed by atoms with Crippen molar-refractivity contribution in [1.82, 2.24) is 19.7 Å². The van der Waals surface area contributed by atoms with Gasteiger partial charge in [0.1, 0.15) is 6.26 Å². The van der Waals surface area contributed by atoms with Crippen LogP contribution in [-0.4, -0.2) is 31.4 Å². The molecule has 8 nitrogen and oxygen atoms in total. The van der Waals surface area contributed by atoms with Crippen molar-refractivity contribution in [3.05, 3.63) is 48.4 Å². The number of hydrogen-bond donors (Lipinski definition) is 1. The lowest BCUT2D eigenvalue weighted by molar-refractivity contribution is 0.101. The van der Waals surface area contributed by atoms with Gasteiger partial charge in [0.15, 0.2) is 17.2 Å². The Morgan fingerprint density at radius 1 is 1.26 bits per heavy atom. The van der Waals surface area contributed by atoms with Gasteiger partial charge in [-0.3, -0.25) is 19.3 Å². The van der Waals surface area contributed by atoms with E-state index in [0.29, 0.717) is 17.1 Å². The van der Waals surface area contributed by atoms with E-state index >= 15 is 0 Å². The summed E-state index contributed by atoms with van der Waals surface area (Å²) in [6.45, 7) is 1.38. The highest BCUT2D eigenvalue weighted by Gasteiger charge is 2.18. The molecule has 1 amide bonds. The molecule has 0 bridgehead atoms. The lowest BCUT2D eigenvalue weighted by atomic mass is 10.2. The molecule has 0 unspecified atom stereocenters. The van der Waals surface area contributed by atoms with Crippen molar-refractivity contribution < 1.29 is 14.0 Å². The number of pyridine rings is 1. The number of carbonyl (C=O) groups excluding carboxylic acids is 2. The van der Waals surface area contributed by atoms with Gasteiger partial charge in [-0.15, -0.1) is 0 Å². The topological polar surface area (TPSA) is 103 Å². The number of aryl methyl sites for hydroxylation is 1. The van der Waals surface area contributed by atoms with Crippen LogP contribution < -0.4 is 5.32 Å². The van der Waals surface area contributed by atoms with E-state index in [9.17, 15) is 9.59 Å². The summed E-state index contributed by atoms with van der Waals surface area (Å²) in [6, 6.07) is 3.45. The zero-order chi connectivity index (χ0) is 16.4. The van der Waals surface area contributed by atoms with E-state index in [1.807, 2.05) is 0 Å². The molecule has 0 aliphatic carbocycles. The van der Waals surface area contributed by atoms with Gasteiger partial charge in [-0.05, 0) is 12.1 Å². The van der Waals surface area contributed by atoms with Gasteiger partial charge in [-0.1, -0.05) is 0 Å². The van der Waals surface area contributed by atoms with Crippen molar-refractivity contribution in [1.29, 1.82) is 0 Å². The maximum absolute atomic E-state index is 12.2. The second-order valence-electron chi connectivity index (χ2n) is 4.85. The van der Waals surface area contributed by atoms with E-state index in [2.05, 4.69) is 20.4 Å². The molecule has 1 N–H and O–H groups in total. The van der Waals surface area contributed by atoms with Crippen molar-refractivity contribution in [2.24, 2.45) is 7.05 Å². The van der Waals surface area contributed by atoms with Crippen LogP contribution in [-0.2, 0) is 7.05 Å².